The van der Waals surface area contributed by atoms with Crippen molar-refractivity contribution in [3.8, 4) is 0 Å². The molecule has 10 heavy (non-hydrogen) atoms. The molecule has 0 unspecified atom stereocenters. The molecule has 0 amide bonds. The molecule has 4 heteroatoms. The van der Waals surface area contributed by atoms with Crippen LogP contribution in [0.15, 0.2) is 0 Å². The summed E-state index contributed by atoms with van der Waals surface area (Å²) in [5, 5.41) is 0. The van der Waals surface area contributed by atoms with Crippen LogP contribution in [0.2, 0.25) is 0 Å². The van der Waals surface area contributed by atoms with E-state index in [1.165, 1.54) is 0 Å². The minimum atomic E-state index is -0.921. The minimum absolute atomic E-state index is 0.0615. The highest BCUT2D eigenvalue weighted by molar-refractivity contribution is 7.43. The van der Waals surface area contributed by atoms with Crippen molar-refractivity contribution >= 4 is 8.60 Å². The molecule has 2 bridgehead atoms. The fourth-order valence-electron chi connectivity index (χ4n) is 1.30. The van der Waals surface area contributed by atoms with Crippen molar-refractivity contribution in [3.63, 3.8) is 0 Å². The highest BCUT2D eigenvalue weighted by Gasteiger charge is 2.59. The van der Waals surface area contributed by atoms with E-state index in [2.05, 4.69) is 13.8 Å². The Morgan fingerprint density at radius 3 is 2.10 bits per heavy atom. The van der Waals surface area contributed by atoms with Gasteiger partial charge >= 0.3 is 8.60 Å². The van der Waals surface area contributed by atoms with Gasteiger partial charge in [-0.2, -0.15) is 0 Å². The fraction of sp³-hybridized carbons (Fsp3) is 1.00. The first-order chi connectivity index (χ1) is 4.80. The van der Waals surface area contributed by atoms with Gasteiger partial charge in [0.15, 0.2) is 0 Å². The van der Waals surface area contributed by atoms with Crippen LogP contribution in [0, 0.1) is 0 Å². The van der Waals surface area contributed by atoms with E-state index in [0.717, 1.165) is 12.8 Å². The number of hydrogen-bond acceptors (Lipinski definition) is 3. The molecule has 0 saturated carbocycles. The van der Waals surface area contributed by atoms with Crippen molar-refractivity contribution in [1.29, 1.82) is 0 Å². The van der Waals surface area contributed by atoms with Crippen LogP contribution in [0.5, 0.6) is 0 Å². The molecule has 3 aliphatic heterocycles. The van der Waals surface area contributed by atoms with Crippen molar-refractivity contribution < 1.29 is 13.6 Å². The van der Waals surface area contributed by atoms with Crippen molar-refractivity contribution in [2.24, 2.45) is 0 Å². The van der Waals surface area contributed by atoms with Gasteiger partial charge in [-0.3, -0.25) is 9.05 Å². The first kappa shape index (κ1) is 6.99. The lowest BCUT2D eigenvalue weighted by Crippen LogP contribution is -2.38. The van der Waals surface area contributed by atoms with E-state index in [1.54, 1.807) is 0 Å². The van der Waals surface area contributed by atoms with Gasteiger partial charge in [0, 0.05) is 0 Å². The molecule has 3 aliphatic rings. The average molecular weight is 162 g/mol. The van der Waals surface area contributed by atoms with Crippen molar-refractivity contribution in [2.75, 3.05) is 0 Å². The quantitative estimate of drug-likeness (QED) is 0.582. The van der Waals surface area contributed by atoms with Crippen LogP contribution in [0.3, 0.4) is 0 Å². The summed E-state index contributed by atoms with van der Waals surface area (Å²) >= 11 is 0. The molecule has 0 atom stereocenters. The largest absolute Gasteiger partial charge is 0.338 e. The van der Waals surface area contributed by atoms with Gasteiger partial charge in [0.1, 0.15) is 5.60 Å². The van der Waals surface area contributed by atoms with Crippen LogP contribution in [-0.2, 0) is 13.6 Å². The average Bonchev–Trinajstić information content (AvgIpc) is 2.39. The van der Waals surface area contributed by atoms with Gasteiger partial charge < -0.3 is 4.52 Å². The molecule has 58 valence electrons. The summed E-state index contributed by atoms with van der Waals surface area (Å²) in [6.07, 6.45) is 1.90. The Labute approximate surface area is 61.7 Å². The van der Waals surface area contributed by atoms with Crippen LogP contribution >= 0.6 is 8.60 Å². The van der Waals surface area contributed by atoms with E-state index in [4.69, 9.17) is 13.6 Å². The molecular formula is C6H11O3P. The Kier molecular flexibility index (Phi) is 1.50. The molecule has 3 rings (SSSR count). The molecule has 0 aromatic heterocycles. The summed E-state index contributed by atoms with van der Waals surface area (Å²) in [6.45, 7) is 4.21. The maximum Gasteiger partial charge on any atom is 0.338 e. The second-order valence-corrected chi connectivity index (χ2v) is 3.68. The van der Waals surface area contributed by atoms with E-state index >= 15 is 0 Å². The topological polar surface area (TPSA) is 27.7 Å². The lowest BCUT2D eigenvalue weighted by molar-refractivity contribution is -0.0975. The number of rotatable bonds is 2. The van der Waals surface area contributed by atoms with Gasteiger partial charge in [0.25, 0.3) is 0 Å². The molecule has 3 fully saturated rings. The molecular weight excluding hydrogens is 151 g/mol. The molecule has 0 radical (unpaired) electrons. The van der Waals surface area contributed by atoms with Crippen LogP contribution < -0.4 is 0 Å². The second-order valence-electron chi connectivity index (χ2n) is 2.63. The summed E-state index contributed by atoms with van der Waals surface area (Å²) in [5.41, 5.74) is -0.105. The van der Waals surface area contributed by atoms with E-state index < -0.39 is 8.60 Å². The summed E-state index contributed by atoms with van der Waals surface area (Å²) in [5.74, 6) is 0. The zero-order valence-electron chi connectivity index (χ0n) is 6.16. The number of hydrogen-bond donors (Lipinski definition) is 0. The molecule has 0 N–H and O–H groups in total. The van der Waals surface area contributed by atoms with Crippen molar-refractivity contribution in [3.05, 3.63) is 0 Å². The molecule has 0 aromatic carbocycles. The Balaban J connectivity index is 2.13. The normalized spacial score (nSPS) is 41.4. The highest BCUT2D eigenvalue weighted by atomic mass is 31.2. The highest BCUT2D eigenvalue weighted by Crippen LogP contribution is 2.67. The van der Waals surface area contributed by atoms with Crippen LogP contribution in [0.1, 0.15) is 26.7 Å². The SMILES string of the molecule is CCC1(CC)OP2OC1O2. The summed E-state index contributed by atoms with van der Waals surface area (Å²) in [6, 6.07) is 0. The lowest BCUT2D eigenvalue weighted by Gasteiger charge is -2.26. The standard InChI is InChI=1S/C6H11O3P/c1-3-6(4-2)5-7-10(8-5)9-6/h5H,3-4H2,1-2H3. The van der Waals surface area contributed by atoms with Gasteiger partial charge in [-0.25, -0.2) is 0 Å². The van der Waals surface area contributed by atoms with Gasteiger partial charge in [0.05, 0.1) is 0 Å². The maximum absolute atomic E-state index is 5.54. The fourth-order valence-corrected chi connectivity index (χ4v) is 2.74. The van der Waals surface area contributed by atoms with E-state index in [1.807, 2.05) is 0 Å². The van der Waals surface area contributed by atoms with Gasteiger partial charge in [-0.1, -0.05) is 13.8 Å². The lowest BCUT2D eigenvalue weighted by atomic mass is 9.97. The number of fused-ring (bicyclic) bond motifs is 1. The molecule has 3 heterocycles. The third-order valence-electron chi connectivity index (χ3n) is 2.25. The van der Waals surface area contributed by atoms with E-state index in [9.17, 15) is 0 Å². The predicted octanol–water partition coefficient (Wildman–Crippen LogP) is 2.18. The molecule has 0 aliphatic carbocycles. The maximum atomic E-state index is 5.54. The van der Waals surface area contributed by atoms with Crippen molar-refractivity contribution in [1.82, 2.24) is 0 Å². The zero-order valence-corrected chi connectivity index (χ0v) is 7.06. The first-order valence-electron chi connectivity index (χ1n) is 3.63. The van der Waals surface area contributed by atoms with Crippen LogP contribution in [0.25, 0.3) is 0 Å². The van der Waals surface area contributed by atoms with Crippen LogP contribution in [-0.4, -0.2) is 11.9 Å². The van der Waals surface area contributed by atoms with Gasteiger partial charge in [0.2, 0.25) is 6.29 Å². The second kappa shape index (κ2) is 2.15. The van der Waals surface area contributed by atoms with E-state index in [-0.39, 0.29) is 11.9 Å². The van der Waals surface area contributed by atoms with E-state index in [0.29, 0.717) is 0 Å². The van der Waals surface area contributed by atoms with Gasteiger partial charge in [-0.15, -0.1) is 0 Å². The van der Waals surface area contributed by atoms with Gasteiger partial charge in [-0.05, 0) is 12.8 Å². The molecule has 0 aromatic rings. The Hall–Kier alpha value is 0.310. The minimum Gasteiger partial charge on any atom is -0.300 e. The Morgan fingerprint density at radius 1 is 1.30 bits per heavy atom. The smallest absolute Gasteiger partial charge is 0.300 e. The molecule has 3 saturated heterocycles. The molecule has 3 nitrogen and oxygen atoms in total. The third-order valence-corrected chi connectivity index (χ3v) is 3.49. The third kappa shape index (κ3) is 0.693. The molecule has 0 spiro atoms. The Bertz CT molecular complexity index is 140. The summed E-state index contributed by atoms with van der Waals surface area (Å²) in [4.78, 5) is 0. The van der Waals surface area contributed by atoms with Crippen molar-refractivity contribution in [2.45, 2.75) is 38.6 Å². The predicted molar refractivity (Wildman–Crippen MR) is 37.3 cm³/mol. The zero-order chi connectivity index (χ0) is 7.19. The summed E-state index contributed by atoms with van der Waals surface area (Å²) in [7, 11) is -0.921. The Morgan fingerprint density at radius 2 is 1.90 bits per heavy atom. The first-order valence-corrected chi connectivity index (χ1v) is 4.73. The summed E-state index contributed by atoms with van der Waals surface area (Å²) < 4.78 is 16.1. The van der Waals surface area contributed by atoms with Crippen LogP contribution in [0.4, 0.5) is 0 Å². The monoisotopic (exact) mass is 162 g/mol.